The Bertz CT molecular complexity index is 933. The summed E-state index contributed by atoms with van der Waals surface area (Å²) in [5, 5.41) is 6.86. The van der Waals surface area contributed by atoms with Crippen LogP contribution in [0.2, 0.25) is 0 Å². The van der Waals surface area contributed by atoms with Crippen molar-refractivity contribution in [2.75, 3.05) is 5.32 Å². The molecule has 3 N–H and O–H groups in total. The van der Waals surface area contributed by atoms with Gasteiger partial charge in [0.25, 0.3) is 0 Å². The maximum Gasteiger partial charge on any atom is 0.329 e. The van der Waals surface area contributed by atoms with Crippen molar-refractivity contribution in [2.45, 2.75) is 0 Å². The number of halogens is 1. The first-order valence-electron chi connectivity index (χ1n) is 7.10. The van der Waals surface area contributed by atoms with E-state index in [2.05, 4.69) is 20.8 Å². The van der Waals surface area contributed by atoms with Gasteiger partial charge in [-0.1, -0.05) is 30.3 Å². The molecule has 0 atom stereocenters. The summed E-state index contributed by atoms with van der Waals surface area (Å²) in [6.07, 6.45) is 3.16. The average Bonchev–Trinajstić information content (AvgIpc) is 3.00. The highest BCUT2D eigenvalue weighted by atomic mass is 19.1. The Morgan fingerprint density at radius 1 is 1.04 bits per heavy atom. The molecular weight excluding hydrogens is 311 g/mol. The molecule has 0 unspecified atom stereocenters. The van der Waals surface area contributed by atoms with E-state index in [1.807, 2.05) is 24.3 Å². The van der Waals surface area contributed by atoms with Crippen LogP contribution in [0.15, 0.2) is 59.8 Å². The van der Waals surface area contributed by atoms with Crippen LogP contribution in [0.5, 0.6) is 0 Å². The van der Waals surface area contributed by atoms with Crippen molar-refractivity contribution in [3.63, 3.8) is 0 Å². The van der Waals surface area contributed by atoms with Gasteiger partial charge in [-0.05, 0) is 18.2 Å². The van der Waals surface area contributed by atoms with Gasteiger partial charge < -0.3 is 10.3 Å². The molecule has 1 aromatic heterocycles. The van der Waals surface area contributed by atoms with Gasteiger partial charge in [-0.25, -0.2) is 9.82 Å². The van der Waals surface area contributed by atoms with Gasteiger partial charge >= 0.3 is 11.8 Å². The van der Waals surface area contributed by atoms with E-state index in [-0.39, 0.29) is 5.69 Å². The van der Waals surface area contributed by atoms with E-state index >= 15 is 0 Å². The fourth-order valence-corrected chi connectivity index (χ4v) is 2.15. The number of nitrogens with one attached hydrogen (secondary N) is 3. The SMILES string of the molecule is O=C(N/N=C/c1c[nH]c2ccccc12)C(=O)Nc1ccccc1F. The highest BCUT2D eigenvalue weighted by Crippen LogP contribution is 2.15. The molecule has 0 saturated heterocycles. The number of carbonyl (C=O) groups excluding carboxylic acids is 2. The van der Waals surface area contributed by atoms with Crippen molar-refractivity contribution in [3.8, 4) is 0 Å². The Labute approximate surface area is 136 Å². The molecule has 0 aliphatic carbocycles. The molecule has 6 nitrogen and oxygen atoms in total. The summed E-state index contributed by atoms with van der Waals surface area (Å²) >= 11 is 0. The molecule has 0 fully saturated rings. The second kappa shape index (κ2) is 6.74. The third kappa shape index (κ3) is 3.30. The summed E-state index contributed by atoms with van der Waals surface area (Å²) in [6.45, 7) is 0. The van der Waals surface area contributed by atoms with Crippen LogP contribution in [0.25, 0.3) is 10.9 Å². The molecule has 3 rings (SSSR count). The number of aromatic nitrogens is 1. The fourth-order valence-electron chi connectivity index (χ4n) is 2.15. The topological polar surface area (TPSA) is 86.3 Å². The van der Waals surface area contributed by atoms with Gasteiger partial charge in [0.15, 0.2) is 0 Å². The zero-order valence-corrected chi connectivity index (χ0v) is 12.4. The third-order valence-electron chi connectivity index (χ3n) is 3.32. The monoisotopic (exact) mass is 324 g/mol. The van der Waals surface area contributed by atoms with Gasteiger partial charge in [0.05, 0.1) is 11.9 Å². The Hall–Kier alpha value is -3.48. The molecule has 2 amide bonds. The first-order chi connectivity index (χ1) is 11.6. The van der Waals surface area contributed by atoms with Crippen molar-refractivity contribution < 1.29 is 14.0 Å². The van der Waals surface area contributed by atoms with Crippen LogP contribution < -0.4 is 10.7 Å². The molecule has 2 aromatic carbocycles. The quantitative estimate of drug-likeness (QED) is 0.392. The Morgan fingerprint density at radius 3 is 2.62 bits per heavy atom. The number of carbonyl (C=O) groups is 2. The zero-order chi connectivity index (χ0) is 16.9. The lowest BCUT2D eigenvalue weighted by atomic mass is 10.2. The predicted molar refractivity (Wildman–Crippen MR) is 89.1 cm³/mol. The Kier molecular flexibility index (Phi) is 4.33. The van der Waals surface area contributed by atoms with E-state index in [4.69, 9.17) is 0 Å². The van der Waals surface area contributed by atoms with Gasteiger partial charge in [0, 0.05) is 22.7 Å². The molecule has 7 heteroatoms. The minimum atomic E-state index is -1.00. The number of H-pyrrole nitrogens is 1. The van der Waals surface area contributed by atoms with E-state index in [1.165, 1.54) is 24.4 Å². The highest BCUT2D eigenvalue weighted by Gasteiger charge is 2.14. The van der Waals surface area contributed by atoms with E-state index in [1.54, 1.807) is 12.3 Å². The third-order valence-corrected chi connectivity index (χ3v) is 3.32. The minimum Gasteiger partial charge on any atom is -0.361 e. The van der Waals surface area contributed by atoms with Gasteiger partial charge in [0.1, 0.15) is 5.82 Å². The molecular formula is C17H13FN4O2. The fraction of sp³-hybridized carbons (Fsp3) is 0. The molecule has 0 aliphatic rings. The van der Waals surface area contributed by atoms with E-state index in [0.29, 0.717) is 0 Å². The van der Waals surface area contributed by atoms with Crippen LogP contribution in [0.4, 0.5) is 10.1 Å². The first-order valence-corrected chi connectivity index (χ1v) is 7.10. The van der Waals surface area contributed by atoms with Crippen LogP contribution in [0.3, 0.4) is 0 Å². The average molecular weight is 324 g/mol. The van der Waals surface area contributed by atoms with Crippen molar-refractivity contribution in [1.82, 2.24) is 10.4 Å². The van der Waals surface area contributed by atoms with Gasteiger partial charge in [-0.2, -0.15) is 5.10 Å². The number of para-hydroxylation sites is 2. The lowest BCUT2D eigenvalue weighted by molar-refractivity contribution is -0.136. The number of rotatable bonds is 3. The smallest absolute Gasteiger partial charge is 0.329 e. The number of amides is 2. The van der Waals surface area contributed by atoms with E-state index in [9.17, 15) is 14.0 Å². The molecule has 0 radical (unpaired) electrons. The van der Waals surface area contributed by atoms with Crippen molar-refractivity contribution in [2.24, 2.45) is 5.10 Å². The number of benzene rings is 2. The molecule has 0 spiro atoms. The zero-order valence-electron chi connectivity index (χ0n) is 12.4. The van der Waals surface area contributed by atoms with Crippen LogP contribution in [-0.2, 0) is 9.59 Å². The van der Waals surface area contributed by atoms with Crippen molar-refractivity contribution in [1.29, 1.82) is 0 Å². The minimum absolute atomic E-state index is 0.0711. The number of anilines is 1. The number of hydrazone groups is 1. The van der Waals surface area contributed by atoms with E-state index in [0.717, 1.165) is 16.5 Å². The molecule has 0 bridgehead atoms. The van der Waals surface area contributed by atoms with Crippen LogP contribution in [0, 0.1) is 5.82 Å². The van der Waals surface area contributed by atoms with Crippen LogP contribution >= 0.6 is 0 Å². The largest absolute Gasteiger partial charge is 0.361 e. The lowest BCUT2D eigenvalue weighted by Gasteiger charge is -2.04. The number of aromatic amines is 1. The maximum absolute atomic E-state index is 13.4. The number of hydrogen-bond acceptors (Lipinski definition) is 3. The Morgan fingerprint density at radius 2 is 1.79 bits per heavy atom. The normalized spacial score (nSPS) is 10.9. The number of nitrogens with zero attached hydrogens (tertiary/aromatic N) is 1. The summed E-state index contributed by atoms with van der Waals surface area (Å²) < 4.78 is 13.4. The highest BCUT2D eigenvalue weighted by molar-refractivity contribution is 6.39. The molecule has 24 heavy (non-hydrogen) atoms. The standard InChI is InChI=1S/C17H13FN4O2/c18-13-6-2-4-8-15(13)21-16(23)17(24)22-20-10-11-9-19-14-7-3-1-5-12(11)14/h1-10,19H,(H,21,23)(H,22,24)/b20-10+. The van der Waals surface area contributed by atoms with E-state index < -0.39 is 17.6 Å². The first kappa shape index (κ1) is 15.4. The second-order valence-electron chi connectivity index (χ2n) is 4.92. The molecule has 3 aromatic rings. The molecule has 1 heterocycles. The van der Waals surface area contributed by atoms with Crippen LogP contribution in [0.1, 0.15) is 5.56 Å². The number of hydrogen-bond donors (Lipinski definition) is 3. The molecule has 0 aliphatic heterocycles. The lowest BCUT2D eigenvalue weighted by Crippen LogP contribution is -2.32. The van der Waals surface area contributed by atoms with Crippen molar-refractivity contribution in [3.05, 3.63) is 66.1 Å². The summed E-state index contributed by atoms with van der Waals surface area (Å²) in [7, 11) is 0. The van der Waals surface area contributed by atoms with Crippen molar-refractivity contribution >= 4 is 34.6 Å². The molecule has 0 saturated carbocycles. The molecule has 120 valence electrons. The summed E-state index contributed by atoms with van der Waals surface area (Å²) in [5.41, 5.74) is 3.73. The number of fused-ring (bicyclic) bond motifs is 1. The van der Waals surface area contributed by atoms with Gasteiger partial charge in [0.2, 0.25) is 0 Å². The van der Waals surface area contributed by atoms with Gasteiger partial charge in [-0.3, -0.25) is 9.59 Å². The summed E-state index contributed by atoms with van der Waals surface area (Å²) in [6, 6.07) is 13.2. The summed E-state index contributed by atoms with van der Waals surface area (Å²) in [5.74, 6) is -2.62. The summed E-state index contributed by atoms with van der Waals surface area (Å²) in [4.78, 5) is 26.4. The predicted octanol–water partition coefficient (Wildman–Crippen LogP) is 2.40. The second-order valence-corrected chi connectivity index (χ2v) is 4.92. The Balaban J connectivity index is 1.62. The maximum atomic E-state index is 13.4. The van der Waals surface area contributed by atoms with Crippen LogP contribution in [-0.4, -0.2) is 23.0 Å². The van der Waals surface area contributed by atoms with Gasteiger partial charge in [-0.15, -0.1) is 0 Å².